The van der Waals surface area contributed by atoms with Gasteiger partial charge < -0.3 is 15.2 Å². The number of halogens is 1. The van der Waals surface area contributed by atoms with Crippen LogP contribution in [0.15, 0.2) is 48.5 Å². The van der Waals surface area contributed by atoms with E-state index in [4.69, 9.17) is 21.4 Å². The Labute approximate surface area is 130 Å². The largest absolute Gasteiger partial charge is 0.487 e. The highest BCUT2D eigenvalue weighted by Crippen LogP contribution is 2.26. The molecule has 2 aromatic rings. The molecule has 2 rings (SSSR count). The van der Waals surface area contributed by atoms with Crippen molar-refractivity contribution in [1.29, 1.82) is 0 Å². The summed E-state index contributed by atoms with van der Waals surface area (Å²) in [6.07, 6.45) is 0.756. The minimum atomic E-state index is 0.208. The molecule has 0 amide bonds. The lowest BCUT2D eigenvalue weighted by Crippen LogP contribution is -2.15. The van der Waals surface area contributed by atoms with Crippen molar-refractivity contribution < 1.29 is 9.84 Å². The van der Waals surface area contributed by atoms with E-state index in [1.807, 2.05) is 48.5 Å². The second kappa shape index (κ2) is 8.67. The van der Waals surface area contributed by atoms with Crippen LogP contribution >= 0.6 is 11.6 Å². The van der Waals surface area contributed by atoms with Crippen LogP contribution in [0.25, 0.3) is 0 Å². The topological polar surface area (TPSA) is 41.5 Å². The normalized spacial score (nSPS) is 10.6. The summed E-state index contributed by atoms with van der Waals surface area (Å²) >= 11 is 6.24. The minimum absolute atomic E-state index is 0.208. The lowest BCUT2D eigenvalue weighted by Gasteiger charge is -2.10. The summed E-state index contributed by atoms with van der Waals surface area (Å²) in [6, 6.07) is 15.8. The lowest BCUT2D eigenvalue weighted by atomic mass is 10.2. The summed E-state index contributed by atoms with van der Waals surface area (Å²) in [6.45, 7) is 2.24. The van der Waals surface area contributed by atoms with Crippen molar-refractivity contribution in [2.24, 2.45) is 0 Å². The average Bonchev–Trinajstić information content (AvgIpc) is 2.52. The van der Waals surface area contributed by atoms with Crippen molar-refractivity contribution in [3.8, 4) is 5.75 Å². The highest BCUT2D eigenvalue weighted by molar-refractivity contribution is 6.32. The molecule has 0 radical (unpaired) electrons. The molecule has 0 fully saturated rings. The number of nitrogens with one attached hydrogen (secondary N) is 1. The number of aliphatic hydroxyl groups is 1. The van der Waals surface area contributed by atoms with Crippen LogP contribution in [0.3, 0.4) is 0 Å². The second-order valence-corrected chi connectivity index (χ2v) is 5.20. The molecule has 0 aromatic heterocycles. The maximum absolute atomic E-state index is 8.72. The molecular weight excluding hydrogens is 286 g/mol. The van der Waals surface area contributed by atoms with Crippen LogP contribution in [0, 0.1) is 0 Å². The smallest absolute Gasteiger partial charge is 0.138 e. The van der Waals surface area contributed by atoms with Gasteiger partial charge in [-0.15, -0.1) is 0 Å². The van der Waals surface area contributed by atoms with Gasteiger partial charge in [0, 0.05) is 13.2 Å². The fraction of sp³-hybridized carbons (Fsp3) is 0.294. The number of hydrogen-bond donors (Lipinski definition) is 2. The first-order chi connectivity index (χ1) is 10.3. The maximum Gasteiger partial charge on any atom is 0.138 e. The second-order valence-electron chi connectivity index (χ2n) is 4.79. The van der Waals surface area contributed by atoms with Gasteiger partial charge in [-0.1, -0.05) is 48.0 Å². The first kappa shape index (κ1) is 15.8. The van der Waals surface area contributed by atoms with Crippen molar-refractivity contribution in [3.63, 3.8) is 0 Å². The van der Waals surface area contributed by atoms with E-state index < -0.39 is 0 Å². The molecule has 112 valence electrons. The number of rotatable bonds is 8. The van der Waals surface area contributed by atoms with E-state index in [-0.39, 0.29) is 6.61 Å². The number of aliphatic hydroxyl groups excluding tert-OH is 1. The van der Waals surface area contributed by atoms with Gasteiger partial charge in [-0.25, -0.2) is 0 Å². The molecule has 0 bridgehead atoms. The minimum Gasteiger partial charge on any atom is -0.487 e. The third kappa shape index (κ3) is 5.38. The van der Waals surface area contributed by atoms with Gasteiger partial charge in [-0.3, -0.25) is 0 Å². The summed E-state index contributed by atoms with van der Waals surface area (Å²) in [4.78, 5) is 0. The molecular formula is C17H20ClNO2. The molecule has 0 aliphatic rings. The third-order valence-corrected chi connectivity index (χ3v) is 3.37. The van der Waals surface area contributed by atoms with E-state index in [2.05, 4.69) is 5.32 Å². The van der Waals surface area contributed by atoms with E-state index in [1.165, 1.54) is 0 Å². The number of benzene rings is 2. The highest BCUT2D eigenvalue weighted by Gasteiger charge is 2.03. The molecule has 0 atom stereocenters. The number of hydrogen-bond acceptors (Lipinski definition) is 3. The van der Waals surface area contributed by atoms with Crippen molar-refractivity contribution in [2.75, 3.05) is 13.2 Å². The predicted octanol–water partition coefficient (Wildman–Crippen LogP) is 3.39. The van der Waals surface area contributed by atoms with Gasteiger partial charge in [0.05, 0.1) is 5.02 Å². The van der Waals surface area contributed by atoms with Crippen LogP contribution in [0.4, 0.5) is 0 Å². The molecule has 21 heavy (non-hydrogen) atoms. The van der Waals surface area contributed by atoms with Gasteiger partial charge in [0.2, 0.25) is 0 Å². The molecule has 0 aliphatic heterocycles. The van der Waals surface area contributed by atoms with E-state index in [1.54, 1.807) is 0 Å². The first-order valence-corrected chi connectivity index (χ1v) is 7.44. The molecule has 0 heterocycles. The molecule has 0 aliphatic carbocycles. The summed E-state index contributed by atoms with van der Waals surface area (Å²) < 4.78 is 5.74. The van der Waals surface area contributed by atoms with Gasteiger partial charge in [0.15, 0.2) is 0 Å². The molecule has 2 N–H and O–H groups in total. The Balaban J connectivity index is 1.87. The van der Waals surface area contributed by atoms with Crippen molar-refractivity contribution in [1.82, 2.24) is 5.32 Å². The van der Waals surface area contributed by atoms with Crippen LogP contribution in [0.5, 0.6) is 5.75 Å². The molecule has 0 saturated heterocycles. The first-order valence-electron chi connectivity index (χ1n) is 7.06. The fourth-order valence-electron chi connectivity index (χ4n) is 1.94. The SMILES string of the molecule is OCCCNCc1ccc(OCc2ccccc2)c(Cl)c1. The van der Waals surface area contributed by atoms with E-state index in [9.17, 15) is 0 Å². The zero-order valence-corrected chi connectivity index (χ0v) is 12.6. The van der Waals surface area contributed by atoms with Gasteiger partial charge >= 0.3 is 0 Å². The summed E-state index contributed by atoms with van der Waals surface area (Å²) in [7, 11) is 0. The van der Waals surface area contributed by atoms with Crippen molar-refractivity contribution in [3.05, 3.63) is 64.7 Å². The standard InChI is InChI=1S/C17H20ClNO2/c18-16-11-15(12-19-9-4-10-20)7-8-17(16)21-13-14-5-2-1-3-6-14/h1-3,5-8,11,19-20H,4,9-10,12-13H2. The molecule has 0 saturated carbocycles. The van der Waals surface area contributed by atoms with E-state index in [0.29, 0.717) is 17.4 Å². The third-order valence-electron chi connectivity index (χ3n) is 3.07. The maximum atomic E-state index is 8.72. The molecule has 0 spiro atoms. The fourth-order valence-corrected chi connectivity index (χ4v) is 2.20. The summed E-state index contributed by atoms with van der Waals surface area (Å²) in [5.74, 6) is 0.694. The molecule has 0 unspecified atom stereocenters. The van der Waals surface area contributed by atoms with Crippen LogP contribution in [0.2, 0.25) is 5.02 Å². The highest BCUT2D eigenvalue weighted by atomic mass is 35.5. The Morgan fingerprint density at radius 3 is 2.57 bits per heavy atom. The van der Waals surface area contributed by atoms with Crippen LogP contribution < -0.4 is 10.1 Å². The molecule has 4 heteroatoms. The van der Waals surface area contributed by atoms with Crippen LogP contribution in [0.1, 0.15) is 17.5 Å². The zero-order chi connectivity index (χ0) is 14.9. The van der Waals surface area contributed by atoms with Gasteiger partial charge in [-0.05, 0) is 36.2 Å². The Morgan fingerprint density at radius 2 is 1.86 bits per heavy atom. The Morgan fingerprint density at radius 1 is 1.05 bits per heavy atom. The van der Waals surface area contributed by atoms with Gasteiger partial charge in [0.25, 0.3) is 0 Å². The van der Waals surface area contributed by atoms with Crippen molar-refractivity contribution in [2.45, 2.75) is 19.6 Å². The van der Waals surface area contributed by atoms with Crippen LogP contribution in [-0.2, 0) is 13.2 Å². The molecule has 2 aromatic carbocycles. The lowest BCUT2D eigenvalue weighted by molar-refractivity contribution is 0.286. The Kier molecular flexibility index (Phi) is 6.54. The monoisotopic (exact) mass is 305 g/mol. The Hall–Kier alpha value is -1.55. The van der Waals surface area contributed by atoms with Crippen LogP contribution in [-0.4, -0.2) is 18.3 Å². The van der Waals surface area contributed by atoms with E-state index >= 15 is 0 Å². The Bertz CT molecular complexity index is 546. The van der Waals surface area contributed by atoms with Gasteiger partial charge in [-0.2, -0.15) is 0 Å². The zero-order valence-electron chi connectivity index (χ0n) is 11.9. The van der Waals surface area contributed by atoms with Gasteiger partial charge in [0.1, 0.15) is 12.4 Å². The number of ether oxygens (including phenoxy) is 1. The quantitative estimate of drug-likeness (QED) is 0.735. The van der Waals surface area contributed by atoms with Crippen molar-refractivity contribution >= 4 is 11.6 Å². The predicted molar refractivity (Wildman–Crippen MR) is 85.6 cm³/mol. The average molecular weight is 306 g/mol. The molecule has 3 nitrogen and oxygen atoms in total. The van der Waals surface area contributed by atoms with E-state index in [0.717, 1.165) is 30.6 Å². The summed E-state index contributed by atoms with van der Waals surface area (Å²) in [5, 5.41) is 12.6. The summed E-state index contributed by atoms with van der Waals surface area (Å²) in [5.41, 5.74) is 2.22.